The van der Waals surface area contributed by atoms with Crippen molar-refractivity contribution in [3.8, 4) is 0 Å². The zero-order chi connectivity index (χ0) is 14.2. The Kier molecular flexibility index (Phi) is 3.61. The molecule has 4 heteroatoms. The van der Waals surface area contributed by atoms with Crippen molar-refractivity contribution in [3.63, 3.8) is 0 Å². The second-order valence-corrected chi connectivity index (χ2v) is 7.27. The fraction of sp³-hybridized carbons (Fsp3) is 0.529. The van der Waals surface area contributed by atoms with Crippen LogP contribution in [-0.4, -0.2) is 17.5 Å². The SMILES string of the molecule is CC1c2ccsc2CCN1Cc1cc(CNC2CC2)co1. The van der Waals surface area contributed by atoms with Crippen LogP contribution in [0.1, 0.15) is 47.6 Å². The molecular formula is C17H22N2OS. The van der Waals surface area contributed by atoms with Crippen LogP contribution in [0.5, 0.6) is 0 Å². The Morgan fingerprint density at radius 3 is 3.19 bits per heavy atom. The molecule has 0 aromatic carbocycles. The lowest BCUT2D eigenvalue weighted by Crippen LogP contribution is -2.32. The number of furan rings is 1. The minimum absolute atomic E-state index is 0.498. The van der Waals surface area contributed by atoms with Crippen LogP contribution in [-0.2, 0) is 19.5 Å². The zero-order valence-electron chi connectivity index (χ0n) is 12.5. The van der Waals surface area contributed by atoms with Crippen LogP contribution in [0.2, 0.25) is 0 Å². The van der Waals surface area contributed by atoms with Crippen LogP contribution >= 0.6 is 11.3 Å². The fourth-order valence-corrected chi connectivity index (χ4v) is 4.09. The minimum Gasteiger partial charge on any atom is -0.468 e. The van der Waals surface area contributed by atoms with Gasteiger partial charge in [0, 0.05) is 35.6 Å². The molecule has 1 fully saturated rings. The Hall–Kier alpha value is -1.10. The highest BCUT2D eigenvalue weighted by atomic mass is 32.1. The summed E-state index contributed by atoms with van der Waals surface area (Å²) in [7, 11) is 0. The van der Waals surface area contributed by atoms with E-state index in [0.29, 0.717) is 6.04 Å². The molecule has 2 aromatic rings. The smallest absolute Gasteiger partial charge is 0.118 e. The van der Waals surface area contributed by atoms with E-state index in [1.807, 2.05) is 17.6 Å². The standard InChI is InChI=1S/C17H22N2OS/c1-12-16-5-7-21-17(16)4-6-19(12)10-15-8-13(11-20-15)9-18-14-2-3-14/h5,7-8,11-12,14,18H,2-4,6,9-10H2,1H3. The van der Waals surface area contributed by atoms with Crippen LogP contribution in [0, 0.1) is 0 Å². The first-order valence-corrected chi connectivity index (χ1v) is 8.77. The Morgan fingerprint density at radius 2 is 2.33 bits per heavy atom. The largest absolute Gasteiger partial charge is 0.468 e. The summed E-state index contributed by atoms with van der Waals surface area (Å²) in [5.41, 5.74) is 2.78. The van der Waals surface area contributed by atoms with E-state index in [-0.39, 0.29) is 0 Å². The predicted molar refractivity (Wildman–Crippen MR) is 85.4 cm³/mol. The van der Waals surface area contributed by atoms with E-state index in [1.165, 1.54) is 30.4 Å². The fourth-order valence-electron chi connectivity index (χ4n) is 3.13. The average molecular weight is 302 g/mol. The summed E-state index contributed by atoms with van der Waals surface area (Å²) < 4.78 is 5.76. The van der Waals surface area contributed by atoms with Gasteiger partial charge in [-0.1, -0.05) is 0 Å². The highest BCUT2D eigenvalue weighted by Gasteiger charge is 2.25. The van der Waals surface area contributed by atoms with Gasteiger partial charge >= 0.3 is 0 Å². The molecule has 112 valence electrons. The summed E-state index contributed by atoms with van der Waals surface area (Å²) in [6.45, 7) is 5.30. The molecule has 1 saturated carbocycles. The van der Waals surface area contributed by atoms with E-state index in [2.05, 4.69) is 34.7 Å². The van der Waals surface area contributed by atoms with Gasteiger partial charge in [0.15, 0.2) is 0 Å². The van der Waals surface area contributed by atoms with Crippen LogP contribution in [0.15, 0.2) is 28.2 Å². The maximum atomic E-state index is 5.76. The monoisotopic (exact) mass is 302 g/mol. The highest BCUT2D eigenvalue weighted by Crippen LogP contribution is 2.33. The first-order chi connectivity index (χ1) is 10.3. The molecule has 0 spiro atoms. The van der Waals surface area contributed by atoms with Crippen molar-refractivity contribution in [2.75, 3.05) is 6.54 Å². The third kappa shape index (κ3) is 2.93. The molecule has 3 heterocycles. The lowest BCUT2D eigenvalue weighted by atomic mass is 10.0. The lowest BCUT2D eigenvalue weighted by molar-refractivity contribution is 0.177. The molecule has 0 amide bonds. The van der Waals surface area contributed by atoms with Crippen LogP contribution < -0.4 is 5.32 Å². The quantitative estimate of drug-likeness (QED) is 0.912. The summed E-state index contributed by atoms with van der Waals surface area (Å²) in [4.78, 5) is 4.08. The zero-order valence-corrected chi connectivity index (χ0v) is 13.3. The Balaban J connectivity index is 1.39. The maximum Gasteiger partial charge on any atom is 0.118 e. The molecule has 2 aromatic heterocycles. The average Bonchev–Trinajstić information content (AvgIpc) is 3.00. The van der Waals surface area contributed by atoms with Gasteiger partial charge in [-0.25, -0.2) is 0 Å². The molecule has 1 N–H and O–H groups in total. The van der Waals surface area contributed by atoms with E-state index in [0.717, 1.165) is 31.4 Å². The normalized spacial score (nSPS) is 22.4. The number of hydrogen-bond donors (Lipinski definition) is 1. The van der Waals surface area contributed by atoms with Gasteiger partial charge in [-0.2, -0.15) is 0 Å². The molecule has 0 bridgehead atoms. The van der Waals surface area contributed by atoms with Gasteiger partial charge in [0.1, 0.15) is 5.76 Å². The van der Waals surface area contributed by atoms with Gasteiger partial charge in [0.25, 0.3) is 0 Å². The first-order valence-electron chi connectivity index (χ1n) is 7.89. The van der Waals surface area contributed by atoms with Crippen molar-refractivity contribution in [2.24, 2.45) is 0 Å². The molecule has 0 saturated heterocycles. The third-order valence-corrected chi connectivity index (χ3v) is 5.64. The Labute approximate surface area is 130 Å². The summed E-state index contributed by atoms with van der Waals surface area (Å²) >= 11 is 1.90. The van der Waals surface area contributed by atoms with E-state index in [9.17, 15) is 0 Å². The van der Waals surface area contributed by atoms with Crippen molar-refractivity contribution in [1.29, 1.82) is 0 Å². The van der Waals surface area contributed by atoms with E-state index in [4.69, 9.17) is 4.42 Å². The van der Waals surface area contributed by atoms with Gasteiger partial charge in [-0.15, -0.1) is 11.3 Å². The molecule has 3 nitrogen and oxygen atoms in total. The van der Waals surface area contributed by atoms with E-state index >= 15 is 0 Å². The molecule has 1 aliphatic heterocycles. The molecule has 21 heavy (non-hydrogen) atoms. The molecule has 1 atom stereocenters. The summed E-state index contributed by atoms with van der Waals surface area (Å²) in [5, 5.41) is 5.76. The number of fused-ring (bicyclic) bond motifs is 1. The van der Waals surface area contributed by atoms with Gasteiger partial charge in [0.2, 0.25) is 0 Å². The van der Waals surface area contributed by atoms with Crippen molar-refractivity contribution >= 4 is 11.3 Å². The number of rotatable bonds is 5. The van der Waals surface area contributed by atoms with Crippen molar-refractivity contribution in [1.82, 2.24) is 10.2 Å². The van der Waals surface area contributed by atoms with E-state index < -0.39 is 0 Å². The first kappa shape index (κ1) is 13.6. The summed E-state index contributed by atoms with van der Waals surface area (Å²) in [5.74, 6) is 1.09. The van der Waals surface area contributed by atoms with Gasteiger partial charge in [0.05, 0.1) is 12.8 Å². The second kappa shape index (κ2) is 5.59. The minimum atomic E-state index is 0.498. The molecule has 1 aliphatic carbocycles. The highest BCUT2D eigenvalue weighted by molar-refractivity contribution is 7.10. The van der Waals surface area contributed by atoms with Crippen LogP contribution in [0.4, 0.5) is 0 Å². The lowest BCUT2D eigenvalue weighted by Gasteiger charge is -2.32. The molecular weight excluding hydrogens is 280 g/mol. The summed E-state index contributed by atoms with van der Waals surface area (Å²) in [6, 6.07) is 5.75. The van der Waals surface area contributed by atoms with Crippen LogP contribution in [0.25, 0.3) is 0 Å². The Bertz CT molecular complexity index is 614. The summed E-state index contributed by atoms with van der Waals surface area (Å²) in [6.07, 6.45) is 5.75. The van der Waals surface area contributed by atoms with Gasteiger partial charge in [-0.05, 0) is 49.3 Å². The van der Waals surface area contributed by atoms with Crippen molar-refractivity contribution in [3.05, 3.63) is 45.5 Å². The molecule has 0 radical (unpaired) electrons. The number of thiophene rings is 1. The number of nitrogens with one attached hydrogen (secondary N) is 1. The third-order valence-electron chi connectivity index (χ3n) is 4.64. The van der Waals surface area contributed by atoms with Gasteiger partial charge in [-0.3, -0.25) is 4.90 Å². The van der Waals surface area contributed by atoms with Gasteiger partial charge < -0.3 is 9.73 Å². The van der Waals surface area contributed by atoms with Crippen molar-refractivity contribution in [2.45, 2.75) is 51.4 Å². The van der Waals surface area contributed by atoms with Crippen molar-refractivity contribution < 1.29 is 4.42 Å². The molecule has 2 aliphatic rings. The van der Waals surface area contributed by atoms with Crippen LogP contribution in [0.3, 0.4) is 0 Å². The molecule has 1 unspecified atom stereocenters. The predicted octanol–water partition coefficient (Wildman–Crippen LogP) is 3.71. The number of hydrogen-bond acceptors (Lipinski definition) is 4. The maximum absolute atomic E-state index is 5.76. The molecule has 4 rings (SSSR count). The second-order valence-electron chi connectivity index (χ2n) is 6.27. The number of nitrogens with zero attached hydrogens (tertiary/aromatic N) is 1. The van der Waals surface area contributed by atoms with E-state index in [1.54, 1.807) is 4.88 Å². The Morgan fingerprint density at radius 1 is 1.43 bits per heavy atom. The topological polar surface area (TPSA) is 28.4 Å².